The number of ether oxygens (including phenoxy) is 1. The van der Waals surface area contributed by atoms with E-state index in [1.165, 1.54) is 23.5 Å². The lowest BCUT2D eigenvalue weighted by Gasteiger charge is -2.21. The molecule has 1 N–H and O–H groups in total. The second-order valence-corrected chi connectivity index (χ2v) is 9.06. The molecule has 0 aliphatic carbocycles. The highest BCUT2D eigenvalue weighted by Crippen LogP contribution is 2.43. The summed E-state index contributed by atoms with van der Waals surface area (Å²) in [6.45, 7) is -0.0295. The number of hydrogen-bond acceptors (Lipinski definition) is 5. The molecule has 1 aliphatic rings. The van der Waals surface area contributed by atoms with Gasteiger partial charge >= 0.3 is 0 Å². The van der Waals surface area contributed by atoms with Crippen LogP contribution in [0, 0.1) is 0 Å². The number of nitrogens with zero attached hydrogens (tertiary/aromatic N) is 2. The van der Waals surface area contributed by atoms with Crippen molar-refractivity contribution in [1.82, 2.24) is 9.78 Å². The number of amides is 1. The number of thioether (sulfide) groups is 2. The Morgan fingerprint density at radius 1 is 1.14 bits per heavy atom. The van der Waals surface area contributed by atoms with Crippen LogP contribution < -0.4 is 10.1 Å². The molecule has 3 aromatic rings. The van der Waals surface area contributed by atoms with Crippen LogP contribution in [0.15, 0.2) is 67.0 Å². The quantitative estimate of drug-likeness (QED) is 0.634. The van der Waals surface area contributed by atoms with E-state index >= 15 is 0 Å². The SMILES string of the molecule is O=C(COc1ccc(C2SCCCS2)cc1)Nc1cccc(-n2cccn2)c1. The van der Waals surface area contributed by atoms with E-state index in [4.69, 9.17) is 4.74 Å². The third-order valence-electron chi connectivity index (χ3n) is 4.25. The number of rotatable bonds is 6. The van der Waals surface area contributed by atoms with Crippen LogP contribution >= 0.6 is 23.5 Å². The van der Waals surface area contributed by atoms with E-state index in [0.717, 1.165) is 5.69 Å². The Balaban J connectivity index is 1.30. The average molecular weight is 412 g/mol. The lowest BCUT2D eigenvalue weighted by molar-refractivity contribution is -0.118. The number of nitrogens with one attached hydrogen (secondary N) is 1. The van der Waals surface area contributed by atoms with Gasteiger partial charge in [0.1, 0.15) is 5.75 Å². The van der Waals surface area contributed by atoms with Gasteiger partial charge in [0, 0.05) is 18.1 Å². The molecule has 0 atom stereocenters. The summed E-state index contributed by atoms with van der Waals surface area (Å²) in [5, 5.41) is 7.07. The molecule has 1 amide bonds. The predicted octanol–water partition coefficient (Wildman–Crippen LogP) is 4.76. The molecule has 1 fully saturated rings. The summed E-state index contributed by atoms with van der Waals surface area (Å²) in [6.07, 6.45) is 4.86. The van der Waals surface area contributed by atoms with Crippen molar-refractivity contribution in [3.8, 4) is 11.4 Å². The number of anilines is 1. The Bertz CT molecular complexity index is 908. The molecule has 144 valence electrons. The molecule has 0 unspecified atom stereocenters. The third-order valence-corrected chi connectivity index (χ3v) is 7.26. The zero-order valence-electron chi connectivity index (χ0n) is 15.3. The van der Waals surface area contributed by atoms with Gasteiger partial charge in [-0.1, -0.05) is 18.2 Å². The molecule has 2 aromatic carbocycles. The second kappa shape index (κ2) is 9.21. The lowest BCUT2D eigenvalue weighted by atomic mass is 10.2. The molecule has 1 saturated heterocycles. The van der Waals surface area contributed by atoms with Crippen molar-refractivity contribution >= 4 is 35.1 Å². The smallest absolute Gasteiger partial charge is 0.262 e. The largest absolute Gasteiger partial charge is 0.484 e. The molecule has 1 aliphatic heterocycles. The van der Waals surface area contributed by atoms with Crippen LogP contribution in [0.4, 0.5) is 5.69 Å². The number of carbonyl (C=O) groups is 1. The zero-order valence-corrected chi connectivity index (χ0v) is 16.9. The van der Waals surface area contributed by atoms with Crippen LogP contribution in [-0.4, -0.2) is 33.8 Å². The van der Waals surface area contributed by atoms with E-state index in [1.54, 1.807) is 10.9 Å². The van der Waals surface area contributed by atoms with Crippen molar-refractivity contribution in [3.05, 3.63) is 72.6 Å². The molecule has 4 rings (SSSR count). The molecular weight excluding hydrogens is 390 g/mol. The van der Waals surface area contributed by atoms with Gasteiger partial charge in [-0.05, 0) is 59.9 Å². The predicted molar refractivity (Wildman–Crippen MR) is 116 cm³/mol. The second-order valence-electron chi connectivity index (χ2n) is 6.33. The minimum atomic E-state index is -0.194. The molecule has 5 nitrogen and oxygen atoms in total. The van der Waals surface area contributed by atoms with Gasteiger partial charge in [0.05, 0.1) is 10.3 Å². The normalized spacial score (nSPS) is 14.6. The monoisotopic (exact) mass is 411 g/mol. The van der Waals surface area contributed by atoms with Gasteiger partial charge in [-0.15, -0.1) is 23.5 Å². The van der Waals surface area contributed by atoms with Gasteiger partial charge < -0.3 is 10.1 Å². The average Bonchev–Trinajstić information content (AvgIpc) is 3.29. The van der Waals surface area contributed by atoms with Crippen LogP contribution in [-0.2, 0) is 4.79 Å². The summed E-state index contributed by atoms with van der Waals surface area (Å²) < 4.78 is 7.90. The Morgan fingerprint density at radius 3 is 2.71 bits per heavy atom. The summed E-state index contributed by atoms with van der Waals surface area (Å²) in [6, 6.07) is 17.5. The fourth-order valence-corrected chi connectivity index (χ4v) is 5.79. The number of benzene rings is 2. The summed E-state index contributed by atoms with van der Waals surface area (Å²) >= 11 is 3.99. The summed E-state index contributed by atoms with van der Waals surface area (Å²) in [5.41, 5.74) is 2.91. The zero-order chi connectivity index (χ0) is 19.2. The maximum absolute atomic E-state index is 12.2. The van der Waals surface area contributed by atoms with E-state index in [1.807, 2.05) is 72.2 Å². The Morgan fingerprint density at radius 2 is 1.96 bits per heavy atom. The van der Waals surface area contributed by atoms with Crippen LogP contribution in [0.2, 0.25) is 0 Å². The molecule has 2 heterocycles. The fourth-order valence-electron chi connectivity index (χ4n) is 2.90. The standard InChI is InChI=1S/C21H21N3O2S2/c25-20(23-17-4-1-5-18(14-17)24-11-2-10-22-24)15-26-19-8-6-16(7-9-19)21-27-12-3-13-28-21/h1-2,4-11,14,21H,3,12-13,15H2,(H,23,25). The van der Waals surface area contributed by atoms with Crippen molar-refractivity contribution in [2.75, 3.05) is 23.4 Å². The first-order valence-electron chi connectivity index (χ1n) is 9.14. The molecule has 0 spiro atoms. The first kappa shape index (κ1) is 19.0. The van der Waals surface area contributed by atoms with E-state index in [0.29, 0.717) is 16.0 Å². The first-order chi connectivity index (χ1) is 13.8. The molecular formula is C21H21N3O2S2. The van der Waals surface area contributed by atoms with Crippen molar-refractivity contribution in [1.29, 1.82) is 0 Å². The van der Waals surface area contributed by atoms with E-state index in [9.17, 15) is 4.79 Å². The van der Waals surface area contributed by atoms with Crippen LogP contribution in [0.25, 0.3) is 5.69 Å². The van der Waals surface area contributed by atoms with E-state index in [2.05, 4.69) is 22.5 Å². The van der Waals surface area contributed by atoms with Gasteiger partial charge in [-0.2, -0.15) is 5.10 Å². The highest BCUT2D eigenvalue weighted by Gasteiger charge is 2.16. The van der Waals surface area contributed by atoms with Gasteiger partial charge in [0.2, 0.25) is 0 Å². The highest BCUT2D eigenvalue weighted by molar-refractivity contribution is 8.16. The minimum absolute atomic E-state index is 0.0295. The highest BCUT2D eigenvalue weighted by atomic mass is 32.2. The van der Waals surface area contributed by atoms with Crippen molar-refractivity contribution in [3.63, 3.8) is 0 Å². The van der Waals surface area contributed by atoms with Crippen LogP contribution in [0.5, 0.6) is 5.75 Å². The van der Waals surface area contributed by atoms with Crippen LogP contribution in [0.3, 0.4) is 0 Å². The molecule has 0 bridgehead atoms. The molecule has 28 heavy (non-hydrogen) atoms. The van der Waals surface area contributed by atoms with Gasteiger partial charge in [-0.3, -0.25) is 4.79 Å². The lowest BCUT2D eigenvalue weighted by Crippen LogP contribution is -2.20. The topological polar surface area (TPSA) is 56.1 Å². The minimum Gasteiger partial charge on any atom is -0.484 e. The molecule has 0 radical (unpaired) electrons. The number of aromatic nitrogens is 2. The first-order valence-corrected chi connectivity index (χ1v) is 11.2. The van der Waals surface area contributed by atoms with E-state index in [-0.39, 0.29) is 12.5 Å². The fraction of sp³-hybridized carbons (Fsp3) is 0.238. The Labute approximate surface area is 172 Å². The van der Waals surface area contributed by atoms with Gasteiger partial charge in [0.25, 0.3) is 5.91 Å². The van der Waals surface area contributed by atoms with Crippen molar-refractivity contribution < 1.29 is 9.53 Å². The summed E-state index contributed by atoms with van der Waals surface area (Å²) in [4.78, 5) is 12.2. The maximum Gasteiger partial charge on any atom is 0.262 e. The number of hydrogen-bond donors (Lipinski definition) is 1. The summed E-state index contributed by atoms with van der Waals surface area (Å²) in [7, 11) is 0. The molecule has 0 saturated carbocycles. The number of carbonyl (C=O) groups excluding carboxylic acids is 1. The van der Waals surface area contributed by atoms with Gasteiger partial charge in [-0.25, -0.2) is 4.68 Å². The maximum atomic E-state index is 12.2. The van der Waals surface area contributed by atoms with Crippen molar-refractivity contribution in [2.24, 2.45) is 0 Å². The van der Waals surface area contributed by atoms with E-state index < -0.39 is 0 Å². The Hall–Kier alpha value is -2.38. The van der Waals surface area contributed by atoms with Crippen LogP contribution in [0.1, 0.15) is 16.6 Å². The third kappa shape index (κ3) is 4.91. The van der Waals surface area contributed by atoms with Crippen molar-refractivity contribution in [2.45, 2.75) is 11.0 Å². The summed E-state index contributed by atoms with van der Waals surface area (Å²) in [5.74, 6) is 2.95. The van der Waals surface area contributed by atoms with Gasteiger partial charge in [0.15, 0.2) is 6.61 Å². The molecule has 7 heteroatoms. The Kier molecular flexibility index (Phi) is 6.24. The molecule has 1 aromatic heterocycles.